The van der Waals surface area contributed by atoms with Crippen molar-refractivity contribution in [1.29, 1.82) is 0 Å². The zero-order valence-electron chi connectivity index (χ0n) is 23.7. The second-order valence-corrected chi connectivity index (χ2v) is 10.2. The topological polar surface area (TPSA) is 88.6 Å². The van der Waals surface area contributed by atoms with Gasteiger partial charge in [-0.2, -0.15) is 0 Å². The van der Waals surface area contributed by atoms with E-state index in [4.69, 9.17) is 14.2 Å². The Morgan fingerprint density at radius 2 is 1.76 bits per heavy atom. The summed E-state index contributed by atoms with van der Waals surface area (Å²) in [6.45, 7) is 1.42. The molecule has 9 heteroatoms. The fourth-order valence-corrected chi connectivity index (χ4v) is 5.45. The molecule has 41 heavy (non-hydrogen) atoms. The predicted molar refractivity (Wildman–Crippen MR) is 155 cm³/mol. The molecule has 1 fully saturated rings. The molecule has 3 amide bonds. The Balaban J connectivity index is 1.34. The smallest absolute Gasteiger partial charge is 0.253 e. The standard InChI is InChI=1S/C32H35N3O6/c1-33(25-10-12-26(13-11-25)34-16-17-41-21-31(34)37)32(38)28-18-23-6-4-5-7-24(23)20-35(28)30(36)15-9-22-8-14-27(39-2)19-29(22)40-3/h4-8,10-14,19,28H,9,15-18,20-21H2,1-3H3/t28-/m0/s1. The molecule has 0 bridgehead atoms. The quantitative estimate of drug-likeness (QED) is 0.421. The van der Waals surface area contributed by atoms with Gasteiger partial charge in [0.2, 0.25) is 11.8 Å². The number of methoxy groups -OCH3 is 2. The van der Waals surface area contributed by atoms with Crippen LogP contribution in [-0.2, 0) is 38.5 Å². The average Bonchev–Trinajstić information content (AvgIpc) is 3.02. The Morgan fingerprint density at radius 1 is 1.00 bits per heavy atom. The number of amides is 3. The van der Waals surface area contributed by atoms with E-state index in [1.807, 2.05) is 60.7 Å². The molecule has 2 heterocycles. The lowest BCUT2D eigenvalue weighted by molar-refractivity contribution is -0.140. The van der Waals surface area contributed by atoms with E-state index in [1.165, 1.54) is 0 Å². The molecule has 0 saturated carbocycles. The van der Waals surface area contributed by atoms with Crippen LogP contribution in [-0.4, -0.2) is 69.7 Å². The third-order valence-electron chi connectivity index (χ3n) is 7.82. The monoisotopic (exact) mass is 557 g/mol. The molecule has 9 nitrogen and oxygen atoms in total. The summed E-state index contributed by atoms with van der Waals surface area (Å²) >= 11 is 0. The van der Waals surface area contributed by atoms with Gasteiger partial charge in [-0.25, -0.2) is 0 Å². The Morgan fingerprint density at radius 3 is 2.46 bits per heavy atom. The first-order chi connectivity index (χ1) is 19.9. The average molecular weight is 558 g/mol. The first-order valence-corrected chi connectivity index (χ1v) is 13.7. The number of fused-ring (bicyclic) bond motifs is 1. The molecule has 0 radical (unpaired) electrons. The fourth-order valence-electron chi connectivity index (χ4n) is 5.45. The van der Waals surface area contributed by atoms with Crippen molar-refractivity contribution in [3.8, 4) is 11.5 Å². The SMILES string of the molecule is COc1ccc(CCC(=O)N2Cc3ccccc3C[C@H]2C(=O)N(C)c2ccc(N3CCOCC3=O)cc2)c(OC)c1. The summed E-state index contributed by atoms with van der Waals surface area (Å²) in [6, 6.07) is 20.2. The lowest BCUT2D eigenvalue weighted by Crippen LogP contribution is -2.53. The summed E-state index contributed by atoms with van der Waals surface area (Å²) in [5, 5.41) is 0. The number of benzene rings is 3. The minimum absolute atomic E-state index is 0.0679. The van der Waals surface area contributed by atoms with Gasteiger partial charge in [0.1, 0.15) is 24.1 Å². The normalized spacial score (nSPS) is 16.7. The number of hydrogen-bond donors (Lipinski definition) is 0. The number of nitrogens with zero attached hydrogens (tertiary/aromatic N) is 3. The highest BCUT2D eigenvalue weighted by atomic mass is 16.5. The summed E-state index contributed by atoms with van der Waals surface area (Å²) < 4.78 is 16.0. The molecule has 1 saturated heterocycles. The second-order valence-electron chi connectivity index (χ2n) is 10.2. The molecule has 0 aliphatic carbocycles. The Labute approximate surface area is 240 Å². The van der Waals surface area contributed by atoms with Gasteiger partial charge in [0, 0.05) is 50.4 Å². The van der Waals surface area contributed by atoms with Crippen molar-refractivity contribution in [1.82, 2.24) is 4.90 Å². The zero-order valence-corrected chi connectivity index (χ0v) is 23.7. The number of carbonyl (C=O) groups is 3. The number of rotatable bonds is 8. The molecule has 3 aromatic rings. The number of morpholine rings is 1. The van der Waals surface area contributed by atoms with Gasteiger partial charge in [0.25, 0.3) is 5.91 Å². The van der Waals surface area contributed by atoms with Crippen LogP contribution in [0.5, 0.6) is 11.5 Å². The lowest BCUT2D eigenvalue weighted by atomic mass is 9.92. The highest BCUT2D eigenvalue weighted by Gasteiger charge is 2.36. The lowest BCUT2D eigenvalue weighted by Gasteiger charge is -2.38. The van der Waals surface area contributed by atoms with E-state index >= 15 is 0 Å². The van der Waals surface area contributed by atoms with E-state index in [0.717, 1.165) is 22.4 Å². The largest absolute Gasteiger partial charge is 0.497 e. The van der Waals surface area contributed by atoms with Gasteiger partial charge < -0.3 is 28.9 Å². The molecule has 0 N–H and O–H groups in total. The van der Waals surface area contributed by atoms with Crippen molar-refractivity contribution in [2.45, 2.75) is 31.8 Å². The van der Waals surface area contributed by atoms with Gasteiger partial charge in [0.15, 0.2) is 0 Å². The molecule has 5 rings (SSSR count). The van der Waals surface area contributed by atoms with Crippen molar-refractivity contribution in [2.24, 2.45) is 0 Å². The molecule has 3 aromatic carbocycles. The van der Waals surface area contributed by atoms with Gasteiger partial charge in [0.05, 0.1) is 20.8 Å². The molecular weight excluding hydrogens is 522 g/mol. The van der Waals surface area contributed by atoms with Gasteiger partial charge in [-0.3, -0.25) is 14.4 Å². The molecule has 0 spiro atoms. The Bertz CT molecular complexity index is 1420. The van der Waals surface area contributed by atoms with Crippen LogP contribution in [0.4, 0.5) is 11.4 Å². The van der Waals surface area contributed by atoms with Gasteiger partial charge in [-0.15, -0.1) is 0 Å². The van der Waals surface area contributed by atoms with Crippen LogP contribution in [0.25, 0.3) is 0 Å². The van der Waals surface area contributed by atoms with E-state index < -0.39 is 6.04 Å². The van der Waals surface area contributed by atoms with E-state index in [9.17, 15) is 14.4 Å². The minimum atomic E-state index is -0.638. The summed E-state index contributed by atoms with van der Waals surface area (Å²) in [6.07, 6.45) is 1.15. The zero-order chi connectivity index (χ0) is 28.9. The van der Waals surface area contributed by atoms with Crippen LogP contribution in [0.2, 0.25) is 0 Å². The number of aryl methyl sites for hydroxylation is 1. The van der Waals surface area contributed by atoms with E-state index in [2.05, 4.69) is 0 Å². The third kappa shape index (κ3) is 6.05. The molecular formula is C32H35N3O6. The van der Waals surface area contributed by atoms with Gasteiger partial charge in [-0.05, 0) is 53.4 Å². The first-order valence-electron chi connectivity index (χ1n) is 13.7. The highest BCUT2D eigenvalue weighted by molar-refractivity contribution is 6.00. The maximum absolute atomic E-state index is 13.9. The van der Waals surface area contributed by atoms with Gasteiger partial charge in [-0.1, -0.05) is 30.3 Å². The second kappa shape index (κ2) is 12.4. The van der Waals surface area contributed by atoms with E-state index in [-0.39, 0.29) is 30.7 Å². The fraction of sp³-hybridized carbons (Fsp3) is 0.344. The van der Waals surface area contributed by atoms with Crippen molar-refractivity contribution in [3.05, 3.63) is 83.4 Å². The summed E-state index contributed by atoms with van der Waals surface area (Å²) in [5.74, 6) is 1.00. The van der Waals surface area contributed by atoms with Crippen molar-refractivity contribution in [3.63, 3.8) is 0 Å². The summed E-state index contributed by atoms with van der Waals surface area (Å²) in [7, 11) is 4.92. The molecule has 1 atom stereocenters. The number of hydrogen-bond acceptors (Lipinski definition) is 6. The number of likely N-dealkylation sites (N-methyl/N-ethyl adjacent to an activating group) is 1. The maximum atomic E-state index is 13.9. The first kappa shape index (κ1) is 28.2. The van der Waals surface area contributed by atoms with E-state index in [0.29, 0.717) is 49.7 Å². The molecule has 0 aromatic heterocycles. The Kier molecular flexibility index (Phi) is 8.54. The van der Waals surface area contributed by atoms with Crippen molar-refractivity contribution < 1.29 is 28.6 Å². The van der Waals surface area contributed by atoms with Crippen LogP contribution < -0.4 is 19.3 Å². The highest BCUT2D eigenvalue weighted by Crippen LogP contribution is 2.29. The number of anilines is 2. The molecule has 0 unspecified atom stereocenters. The summed E-state index contributed by atoms with van der Waals surface area (Å²) in [5.41, 5.74) is 4.47. The molecule has 214 valence electrons. The van der Waals surface area contributed by atoms with Crippen LogP contribution in [0, 0.1) is 0 Å². The predicted octanol–water partition coefficient (Wildman–Crippen LogP) is 3.62. The number of carbonyl (C=O) groups excluding carboxylic acids is 3. The van der Waals surface area contributed by atoms with Crippen molar-refractivity contribution in [2.75, 3.05) is 50.8 Å². The van der Waals surface area contributed by atoms with Crippen LogP contribution in [0.15, 0.2) is 66.7 Å². The van der Waals surface area contributed by atoms with E-state index in [1.54, 1.807) is 42.0 Å². The minimum Gasteiger partial charge on any atom is -0.497 e. The Hall–Kier alpha value is -4.37. The number of ether oxygens (including phenoxy) is 3. The third-order valence-corrected chi connectivity index (χ3v) is 7.82. The summed E-state index contributed by atoms with van der Waals surface area (Å²) in [4.78, 5) is 44.8. The maximum Gasteiger partial charge on any atom is 0.253 e. The van der Waals surface area contributed by atoms with Crippen molar-refractivity contribution >= 4 is 29.1 Å². The van der Waals surface area contributed by atoms with Crippen LogP contribution in [0.3, 0.4) is 0 Å². The molecule has 2 aliphatic heterocycles. The van der Waals surface area contributed by atoms with Crippen LogP contribution in [0.1, 0.15) is 23.1 Å². The molecule has 2 aliphatic rings. The van der Waals surface area contributed by atoms with Crippen LogP contribution >= 0.6 is 0 Å². The van der Waals surface area contributed by atoms with Gasteiger partial charge >= 0.3 is 0 Å².